The summed E-state index contributed by atoms with van der Waals surface area (Å²) in [5.74, 6) is 1.17. The highest BCUT2D eigenvalue weighted by atomic mass is 15.3. The van der Waals surface area contributed by atoms with Gasteiger partial charge in [0.15, 0.2) is 0 Å². The van der Waals surface area contributed by atoms with E-state index in [1.54, 1.807) is 0 Å². The maximum Gasteiger partial charge on any atom is 0.288 e. The van der Waals surface area contributed by atoms with E-state index in [2.05, 4.69) is 42.1 Å². The standard InChI is InChI=1S/C13H21N4/c1-10(2)11(3)12(4)16-13(14-5)17-8-6-15-7-9-17/h6-7,10H,5,8-9H2,1-4H3/q+1/b12-11+,16-13?. The summed E-state index contributed by atoms with van der Waals surface area (Å²) >= 11 is 0. The Hall–Kier alpha value is -1.67. The third-order valence-electron chi connectivity index (χ3n) is 2.94. The van der Waals surface area contributed by atoms with Crippen LogP contribution in [0.15, 0.2) is 21.3 Å². The lowest BCUT2D eigenvalue weighted by molar-refractivity contribution is 0.537. The summed E-state index contributed by atoms with van der Waals surface area (Å²) in [4.78, 5) is 10.6. The van der Waals surface area contributed by atoms with Crippen LogP contribution in [0.2, 0.25) is 0 Å². The topological polar surface area (TPSA) is 42.1 Å². The largest absolute Gasteiger partial charge is 0.319 e. The highest BCUT2D eigenvalue weighted by molar-refractivity contribution is 5.90. The maximum atomic E-state index is 4.55. The van der Waals surface area contributed by atoms with Crippen LogP contribution in [-0.4, -0.2) is 43.1 Å². The molecule has 4 heteroatoms. The monoisotopic (exact) mass is 233 g/mol. The van der Waals surface area contributed by atoms with Crippen LogP contribution in [0, 0.1) is 5.92 Å². The van der Waals surface area contributed by atoms with Crippen molar-refractivity contribution in [2.75, 3.05) is 13.1 Å². The van der Waals surface area contributed by atoms with E-state index < -0.39 is 0 Å². The Labute approximate surface area is 103 Å². The van der Waals surface area contributed by atoms with E-state index in [1.165, 1.54) is 5.57 Å². The van der Waals surface area contributed by atoms with Gasteiger partial charge < -0.3 is 4.90 Å². The molecule has 92 valence electrons. The van der Waals surface area contributed by atoms with Crippen molar-refractivity contribution < 1.29 is 0 Å². The van der Waals surface area contributed by atoms with Gasteiger partial charge in [-0.1, -0.05) is 13.8 Å². The summed E-state index contributed by atoms with van der Waals surface area (Å²) in [7, 11) is 0. The molecule has 0 aromatic carbocycles. The third-order valence-corrected chi connectivity index (χ3v) is 2.94. The quantitative estimate of drug-likeness (QED) is 0.405. The number of hydrogen-bond donors (Lipinski definition) is 0. The van der Waals surface area contributed by atoms with Crippen molar-refractivity contribution >= 4 is 25.1 Å². The molecule has 1 heterocycles. The molecule has 4 nitrogen and oxygen atoms in total. The second-order valence-electron chi connectivity index (χ2n) is 4.41. The highest BCUT2D eigenvalue weighted by Crippen LogP contribution is 2.15. The molecule has 1 aliphatic heterocycles. The summed E-state index contributed by atoms with van der Waals surface area (Å²) < 4.78 is 4.07. The molecule has 0 saturated heterocycles. The van der Waals surface area contributed by atoms with Gasteiger partial charge in [0.25, 0.3) is 12.4 Å². The number of allylic oxidation sites excluding steroid dienone is 2. The van der Waals surface area contributed by atoms with Gasteiger partial charge in [0.1, 0.15) is 13.1 Å². The minimum absolute atomic E-state index is 0.499. The molecule has 0 aromatic rings. The van der Waals surface area contributed by atoms with E-state index in [4.69, 9.17) is 0 Å². The lowest BCUT2D eigenvalue weighted by atomic mass is 10.0. The van der Waals surface area contributed by atoms with Gasteiger partial charge in [-0.25, -0.2) is 9.98 Å². The third kappa shape index (κ3) is 3.68. The molecule has 0 aromatic heterocycles. The van der Waals surface area contributed by atoms with Gasteiger partial charge in [-0.3, -0.25) is 0 Å². The maximum absolute atomic E-state index is 4.55. The molecule has 1 aliphatic rings. The molecule has 0 N–H and O–H groups in total. The molecule has 0 bridgehead atoms. The molecule has 1 rings (SSSR count). The molecular formula is C13H21N4+. The SMILES string of the molecule is C=NC(=N/C(C)=C(\C)C(C)C)N1CC=[N+]=CC1. The average molecular weight is 233 g/mol. The van der Waals surface area contributed by atoms with Crippen molar-refractivity contribution in [3.8, 4) is 0 Å². The lowest BCUT2D eigenvalue weighted by Gasteiger charge is -2.17. The summed E-state index contributed by atoms with van der Waals surface area (Å²) in [5.41, 5.74) is 2.30. The molecule has 0 saturated carbocycles. The minimum atomic E-state index is 0.499. The average Bonchev–Trinajstić information content (AvgIpc) is 2.35. The zero-order valence-corrected chi connectivity index (χ0v) is 11.1. The smallest absolute Gasteiger partial charge is 0.288 e. The second kappa shape index (κ2) is 6.16. The van der Waals surface area contributed by atoms with Gasteiger partial charge in [0, 0.05) is 5.70 Å². The fraction of sp³-hybridized carbons (Fsp3) is 0.538. The molecule has 0 aliphatic carbocycles. The van der Waals surface area contributed by atoms with Gasteiger partial charge in [-0.2, -0.15) is 0 Å². The zero-order chi connectivity index (χ0) is 12.8. The number of nitrogens with zero attached hydrogens (tertiary/aromatic N) is 4. The van der Waals surface area contributed by atoms with Crippen LogP contribution in [0.4, 0.5) is 0 Å². The van der Waals surface area contributed by atoms with Crippen molar-refractivity contribution in [3.05, 3.63) is 11.3 Å². The molecule has 0 atom stereocenters. The normalized spacial score (nSPS) is 17.5. The Morgan fingerprint density at radius 3 is 2.35 bits per heavy atom. The van der Waals surface area contributed by atoms with Gasteiger partial charge in [-0.05, 0) is 32.1 Å². The fourth-order valence-electron chi connectivity index (χ4n) is 1.47. The Morgan fingerprint density at radius 1 is 1.29 bits per heavy atom. The summed E-state index contributed by atoms with van der Waals surface area (Å²) in [5, 5.41) is 0. The molecular weight excluding hydrogens is 212 g/mol. The van der Waals surface area contributed by atoms with E-state index in [1.807, 2.05) is 24.3 Å². The first kappa shape index (κ1) is 13.4. The van der Waals surface area contributed by atoms with Crippen LogP contribution < -0.4 is 4.67 Å². The Bertz CT molecular complexity index is 399. The minimum Gasteiger partial charge on any atom is -0.319 e. The highest BCUT2D eigenvalue weighted by Gasteiger charge is 2.14. The number of hydrogen-bond acceptors (Lipinski definition) is 1. The first-order valence-electron chi connectivity index (χ1n) is 5.87. The second-order valence-corrected chi connectivity index (χ2v) is 4.41. The van der Waals surface area contributed by atoms with E-state index in [-0.39, 0.29) is 0 Å². The van der Waals surface area contributed by atoms with E-state index in [9.17, 15) is 0 Å². The zero-order valence-electron chi connectivity index (χ0n) is 11.1. The van der Waals surface area contributed by atoms with Crippen molar-refractivity contribution in [1.82, 2.24) is 9.57 Å². The van der Waals surface area contributed by atoms with Crippen LogP contribution in [0.1, 0.15) is 27.7 Å². The Balaban J connectivity index is 2.91. The van der Waals surface area contributed by atoms with Crippen LogP contribution in [0.3, 0.4) is 0 Å². The Kier molecular flexibility index (Phi) is 4.85. The number of aliphatic imine (C=N–C) groups is 2. The van der Waals surface area contributed by atoms with Crippen molar-refractivity contribution in [2.45, 2.75) is 27.7 Å². The first-order valence-corrected chi connectivity index (χ1v) is 5.87. The molecule has 0 fully saturated rings. The van der Waals surface area contributed by atoms with Crippen LogP contribution in [-0.2, 0) is 0 Å². The van der Waals surface area contributed by atoms with E-state index in [0.717, 1.165) is 18.8 Å². The van der Waals surface area contributed by atoms with Gasteiger partial charge in [0.05, 0.1) is 0 Å². The van der Waals surface area contributed by atoms with E-state index in [0.29, 0.717) is 11.9 Å². The van der Waals surface area contributed by atoms with Crippen LogP contribution in [0.5, 0.6) is 0 Å². The molecule has 0 unspecified atom stereocenters. The molecule has 0 radical (unpaired) electrons. The first-order chi connectivity index (χ1) is 8.06. The van der Waals surface area contributed by atoms with Crippen LogP contribution in [0.25, 0.3) is 0 Å². The predicted molar refractivity (Wildman–Crippen MR) is 76.0 cm³/mol. The number of guanidine groups is 1. The van der Waals surface area contributed by atoms with Crippen LogP contribution >= 0.6 is 0 Å². The fourth-order valence-corrected chi connectivity index (χ4v) is 1.47. The van der Waals surface area contributed by atoms with Crippen molar-refractivity contribution in [1.29, 1.82) is 0 Å². The summed E-state index contributed by atoms with van der Waals surface area (Å²) in [6.45, 7) is 13.5. The number of rotatable bonds is 2. The van der Waals surface area contributed by atoms with Gasteiger partial charge in [-0.15, -0.1) is 4.67 Å². The van der Waals surface area contributed by atoms with Gasteiger partial charge >= 0.3 is 0 Å². The molecule has 0 spiro atoms. The van der Waals surface area contributed by atoms with Crippen molar-refractivity contribution in [3.63, 3.8) is 0 Å². The summed E-state index contributed by atoms with van der Waals surface area (Å²) in [6, 6.07) is 0. The predicted octanol–water partition coefficient (Wildman–Crippen LogP) is 1.52. The van der Waals surface area contributed by atoms with E-state index >= 15 is 0 Å². The molecule has 0 amide bonds. The van der Waals surface area contributed by atoms with Gasteiger partial charge in [0.2, 0.25) is 5.96 Å². The summed E-state index contributed by atoms with van der Waals surface area (Å²) in [6.07, 6.45) is 3.69. The Morgan fingerprint density at radius 2 is 1.88 bits per heavy atom. The van der Waals surface area contributed by atoms with Crippen molar-refractivity contribution in [2.24, 2.45) is 15.9 Å². The molecule has 17 heavy (non-hydrogen) atoms. The lowest BCUT2D eigenvalue weighted by Crippen LogP contribution is -2.36.